The lowest BCUT2D eigenvalue weighted by molar-refractivity contribution is -0.137. The van der Waals surface area contributed by atoms with Gasteiger partial charge in [0.1, 0.15) is 11.4 Å². The van der Waals surface area contributed by atoms with Gasteiger partial charge < -0.3 is 14.2 Å². The van der Waals surface area contributed by atoms with Gasteiger partial charge in [0.15, 0.2) is 0 Å². The minimum atomic E-state index is -4.48. The second kappa shape index (κ2) is 9.08. The number of carbonyl (C=O) groups is 1. The van der Waals surface area contributed by atoms with E-state index in [9.17, 15) is 18.0 Å². The van der Waals surface area contributed by atoms with Gasteiger partial charge in [0.05, 0.1) is 43.0 Å². The lowest BCUT2D eigenvalue weighted by Crippen LogP contribution is -2.10. The molecule has 32 heavy (non-hydrogen) atoms. The molecule has 0 atom stereocenters. The molecule has 0 amide bonds. The van der Waals surface area contributed by atoms with Gasteiger partial charge in [0.25, 0.3) is 0 Å². The topological polar surface area (TPSA) is 88.4 Å². The molecule has 0 bridgehead atoms. The maximum absolute atomic E-state index is 13.0. The van der Waals surface area contributed by atoms with Crippen molar-refractivity contribution in [2.45, 2.75) is 20.0 Å². The molecule has 168 valence electrons. The van der Waals surface area contributed by atoms with E-state index < -0.39 is 17.7 Å². The van der Waals surface area contributed by atoms with Crippen LogP contribution in [0.4, 0.5) is 13.2 Å². The number of benzene rings is 1. The maximum atomic E-state index is 13.0. The molecule has 8 nitrogen and oxygen atoms in total. The Morgan fingerprint density at radius 1 is 1.12 bits per heavy atom. The zero-order valence-electron chi connectivity index (χ0n) is 17.6. The van der Waals surface area contributed by atoms with Crippen LogP contribution in [-0.4, -0.2) is 39.9 Å². The number of nitrogens with zero attached hydrogens (tertiary/aromatic N) is 4. The van der Waals surface area contributed by atoms with E-state index in [2.05, 4.69) is 15.1 Å². The molecule has 2 heterocycles. The third-order valence-corrected chi connectivity index (χ3v) is 4.28. The van der Waals surface area contributed by atoms with Gasteiger partial charge in [-0.05, 0) is 32.0 Å². The highest BCUT2D eigenvalue weighted by Crippen LogP contribution is 2.32. The van der Waals surface area contributed by atoms with E-state index >= 15 is 0 Å². The minimum Gasteiger partial charge on any atom is -0.503 e. The van der Waals surface area contributed by atoms with Crippen molar-refractivity contribution < 1.29 is 32.2 Å². The molecule has 0 spiro atoms. The summed E-state index contributed by atoms with van der Waals surface area (Å²) in [4.78, 5) is 20.7. The molecule has 0 fully saturated rings. The fraction of sp³-hybridized carbons (Fsp3) is 0.238. The van der Waals surface area contributed by atoms with Gasteiger partial charge in [-0.25, -0.2) is 14.5 Å². The van der Waals surface area contributed by atoms with Crippen molar-refractivity contribution in [3.05, 3.63) is 65.4 Å². The number of hydrogen-bond acceptors (Lipinski definition) is 7. The Kier molecular flexibility index (Phi) is 6.47. The van der Waals surface area contributed by atoms with E-state index in [0.29, 0.717) is 11.5 Å². The summed E-state index contributed by atoms with van der Waals surface area (Å²) in [5, 5.41) is 4.17. The van der Waals surface area contributed by atoms with Gasteiger partial charge in [-0.15, -0.1) is 5.10 Å². The van der Waals surface area contributed by atoms with E-state index in [0.717, 1.165) is 12.1 Å². The summed E-state index contributed by atoms with van der Waals surface area (Å²) in [5.41, 5.74) is 0.0837. The zero-order chi connectivity index (χ0) is 23.5. The van der Waals surface area contributed by atoms with Crippen molar-refractivity contribution in [1.82, 2.24) is 19.7 Å². The Morgan fingerprint density at radius 3 is 2.53 bits per heavy atom. The lowest BCUT2D eigenvalue weighted by atomic mass is 10.1. The SMILES string of the molecule is COC=C(C(=O)OC)c1c(C)nc(C)nc1Oc1ccn(-c2cccc(C(F)(F)F)c2)n1. The molecule has 0 saturated carbocycles. The molecule has 0 unspecified atom stereocenters. The molecule has 2 aromatic heterocycles. The van der Waals surface area contributed by atoms with Crippen molar-refractivity contribution in [1.29, 1.82) is 0 Å². The number of aromatic nitrogens is 4. The third kappa shape index (κ3) is 4.88. The lowest BCUT2D eigenvalue weighted by Gasteiger charge is -2.13. The van der Waals surface area contributed by atoms with Crippen LogP contribution in [0.3, 0.4) is 0 Å². The van der Waals surface area contributed by atoms with Gasteiger partial charge in [0, 0.05) is 12.3 Å². The standard InChI is InChI=1S/C21H19F3N4O4/c1-12-18(16(11-30-3)20(29)31-4)19(26-13(2)25-12)32-17-8-9-28(27-17)15-7-5-6-14(10-15)21(22,23)24/h5-11H,1-4H3. The first-order valence-electron chi connectivity index (χ1n) is 9.22. The van der Waals surface area contributed by atoms with Crippen LogP contribution in [0.1, 0.15) is 22.6 Å². The normalized spacial score (nSPS) is 11.9. The monoisotopic (exact) mass is 448 g/mol. The van der Waals surface area contributed by atoms with Crippen LogP contribution in [0.15, 0.2) is 42.8 Å². The summed E-state index contributed by atoms with van der Waals surface area (Å²) in [5.74, 6) is -0.261. The Bertz CT molecular complexity index is 1170. The van der Waals surface area contributed by atoms with Crippen molar-refractivity contribution in [2.24, 2.45) is 0 Å². The minimum absolute atomic E-state index is 0.0120. The van der Waals surface area contributed by atoms with Crippen LogP contribution in [0.5, 0.6) is 11.8 Å². The number of halogens is 3. The fourth-order valence-electron chi connectivity index (χ4n) is 2.93. The summed E-state index contributed by atoms with van der Waals surface area (Å²) < 4.78 is 55.8. The number of carbonyl (C=O) groups excluding carboxylic acids is 1. The quantitative estimate of drug-likeness (QED) is 0.316. The summed E-state index contributed by atoms with van der Waals surface area (Å²) in [6, 6.07) is 6.16. The van der Waals surface area contributed by atoms with E-state index in [1.165, 1.54) is 49.6 Å². The first kappa shape index (κ1) is 22.8. The number of ether oxygens (including phenoxy) is 3. The molecule has 0 N–H and O–H groups in total. The van der Waals surface area contributed by atoms with Gasteiger partial charge in [-0.2, -0.15) is 18.2 Å². The Labute approximate surface area is 181 Å². The van der Waals surface area contributed by atoms with Crippen LogP contribution in [0.2, 0.25) is 0 Å². The summed E-state index contributed by atoms with van der Waals surface area (Å²) >= 11 is 0. The highest BCUT2D eigenvalue weighted by Gasteiger charge is 2.30. The van der Waals surface area contributed by atoms with Crippen LogP contribution >= 0.6 is 0 Å². The van der Waals surface area contributed by atoms with E-state index in [4.69, 9.17) is 14.2 Å². The molecule has 0 saturated heterocycles. The van der Waals surface area contributed by atoms with Crippen molar-refractivity contribution in [3.63, 3.8) is 0 Å². The molecule has 0 radical (unpaired) electrons. The van der Waals surface area contributed by atoms with E-state index in [1.54, 1.807) is 13.8 Å². The summed E-state index contributed by atoms with van der Waals surface area (Å²) in [6.45, 7) is 3.30. The van der Waals surface area contributed by atoms with E-state index in [-0.39, 0.29) is 28.6 Å². The Hall–Kier alpha value is -3.89. The van der Waals surface area contributed by atoms with Crippen LogP contribution in [0.25, 0.3) is 11.3 Å². The third-order valence-electron chi connectivity index (χ3n) is 4.28. The van der Waals surface area contributed by atoms with Gasteiger partial charge >= 0.3 is 12.1 Å². The largest absolute Gasteiger partial charge is 0.503 e. The fourth-order valence-corrected chi connectivity index (χ4v) is 2.93. The molecule has 11 heteroatoms. The number of alkyl halides is 3. The molecule has 0 aliphatic rings. The van der Waals surface area contributed by atoms with Gasteiger partial charge in [0.2, 0.25) is 11.8 Å². The van der Waals surface area contributed by atoms with Crippen molar-refractivity contribution >= 4 is 11.5 Å². The first-order chi connectivity index (χ1) is 15.1. The van der Waals surface area contributed by atoms with Crippen LogP contribution in [0, 0.1) is 13.8 Å². The summed E-state index contributed by atoms with van der Waals surface area (Å²) in [7, 11) is 2.58. The second-order valence-electron chi connectivity index (χ2n) is 6.54. The molecule has 0 aliphatic carbocycles. The number of rotatable bonds is 6. The van der Waals surface area contributed by atoms with Crippen molar-refractivity contribution in [3.8, 4) is 17.4 Å². The number of aryl methyl sites for hydroxylation is 2. The first-order valence-corrected chi connectivity index (χ1v) is 9.22. The van der Waals surface area contributed by atoms with Gasteiger partial charge in [-0.3, -0.25) is 0 Å². The van der Waals surface area contributed by atoms with E-state index in [1.807, 2.05) is 0 Å². The van der Waals surface area contributed by atoms with Crippen LogP contribution < -0.4 is 4.74 Å². The number of hydrogen-bond donors (Lipinski definition) is 0. The average molecular weight is 448 g/mol. The highest BCUT2D eigenvalue weighted by atomic mass is 19.4. The van der Waals surface area contributed by atoms with Crippen molar-refractivity contribution in [2.75, 3.05) is 14.2 Å². The maximum Gasteiger partial charge on any atom is 0.416 e. The molecular formula is C21H19F3N4O4. The molecule has 3 aromatic rings. The predicted molar refractivity (Wildman–Crippen MR) is 107 cm³/mol. The highest BCUT2D eigenvalue weighted by molar-refractivity contribution is 6.17. The predicted octanol–water partition coefficient (Wildman–Crippen LogP) is 4.25. The summed E-state index contributed by atoms with van der Waals surface area (Å²) in [6.07, 6.45) is -1.86. The van der Waals surface area contributed by atoms with Crippen LogP contribution in [-0.2, 0) is 20.4 Å². The molecule has 3 rings (SSSR count). The van der Waals surface area contributed by atoms with Gasteiger partial charge in [-0.1, -0.05) is 6.07 Å². The average Bonchev–Trinajstić information content (AvgIpc) is 3.20. The number of esters is 1. The molecule has 0 aliphatic heterocycles. The smallest absolute Gasteiger partial charge is 0.416 e. The Morgan fingerprint density at radius 2 is 1.88 bits per heavy atom. The molecular weight excluding hydrogens is 429 g/mol. The number of methoxy groups -OCH3 is 2. The molecule has 1 aromatic carbocycles. The Balaban J connectivity index is 2.00. The zero-order valence-corrected chi connectivity index (χ0v) is 17.6. The second-order valence-corrected chi connectivity index (χ2v) is 6.54.